The molecule has 2 heterocycles. The summed E-state index contributed by atoms with van der Waals surface area (Å²) < 4.78 is 46.5. The van der Waals surface area contributed by atoms with Crippen molar-refractivity contribution in [2.45, 2.75) is 38.4 Å². The molecule has 2 unspecified atom stereocenters. The summed E-state index contributed by atoms with van der Waals surface area (Å²) in [6, 6.07) is 5.19. The second-order valence-electron chi connectivity index (χ2n) is 6.77. The second-order valence-corrected chi connectivity index (χ2v) is 6.77. The number of rotatable bonds is 2. The third-order valence-electron chi connectivity index (χ3n) is 4.76. The molecule has 0 N–H and O–H groups in total. The first-order valence-corrected chi connectivity index (χ1v) is 8.55. The van der Waals surface area contributed by atoms with Crippen LogP contribution in [0, 0.1) is 5.92 Å². The molecule has 2 aliphatic rings. The predicted molar refractivity (Wildman–Crippen MR) is 85.5 cm³/mol. The van der Waals surface area contributed by atoms with Crippen LogP contribution in [0.25, 0.3) is 0 Å². The fraction of sp³-hybridized carbons (Fsp3) is 0.556. The van der Waals surface area contributed by atoms with E-state index >= 15 is 0 Å². The SMILES string of the molecule is CC1CCC(c2cccc3c2CCO3)N(C(=O)C(=O)OCC(F)(F)F)C1. The Morgan fingerprint density at radius 2 is 2.08 bits per heavy atom. The summed E-state index contributed by atoms with van der Waals surface area (Å²) in [5.74, 6) is -1.58. The van der Waals surface area contributed by atoms with Crippen LogP contribution < -0.4 is 4.74 Å². The fourth-order valence-corrected chi connectivity index (χ4v) is 3.59. The lowest BCUT2D eigenvalue weighted by Gasteiger charge is -2.39. The van der Waals surface area contributed by atoms with Crippen LogP contribution in [0.5, 0.6) is 5.75 Å². The van der Waals surface area contributed by atoms with Crippen molar-refractivity contribution in [3.05, 3.63) is 29.3 Å². The van der Waals surface area contributed by atoms with Gasteiger partial charge in [-0.25, -0.2) is 4.79 Å². The van der Waals surface area contributed by atoms with E-state index in [1.807, 2.05) is 25.1 Å². The average Bonchev–Trinajstić information content (AvgIpc) is 3.07. The number of hydrogen-bond donors (Lipinski definition) is 0. The highest BCUT2D eigenvalue weighted by Gasteiger charge is 2.38. The molecule has 1 fully saturated rings. The number of nitrogens with zero attached hydrogens (tertiary/aromatic N) is 1. The van der Waals surface area contributed by atoms with Crippen LogP contribution >= 0.6 is 0 Å². The molecular weight excluding hydrogens is 351 g/mol. The molecule has 0 bridgehead atoms. The number of esters is 1. The molecule has 0 spiro atoms. The topological polar surface area (TPSA) is 55.8 Å². The molecule has 2 atom stereocenters. The Bertz CT molecular complexity index is 704. The van der Waals surface area contributed by atoms with Gasteiger partial charge in [0.25, 0.3) is 0 Å². The second kappa shape index (κ2) is 7.17. The lowest BCUT2D eigenvalue weighted by molar-refractivity contribution is -0.190. The molecule has 2 aliphatic heterocycles. The number of likely N-dealkylation sites (tertiary alicyclic amines) is 1. The van der Waals surface area contributed by atoms with Crippen molar-refractivity contribution in [1.29, 1.82) is 0 Å². The first-order valence-electron chi connectivity index (χ1n) is 8.55. The molecule has 5 nitrogen and oxygen atoms in total. The van der Waals surface area contributed by atoms with Crippen molar-refractivity contribution in [1.82, 2.24) is 4.90 Å². The summed E-state index contributed by atoms with van der Waals surface area (Å²) >= 11 is 0. The van der Waals surface area contributed by atoms with Gasteiger partial charge in [-0.3, -0.25) is 4.79 Å². The molecule has 0 radical (unpaired) electrons. The van der Waals surface area contributed by atoms with Gasteiger partial charge in [-0.1, -0.05) is 19.1 Å². The van der Waals surface area contributed by atoms with Gasteiger partial charge in [-0.05, 0) is 30.4 Å². The monoisotopic (exact) mass is 371 g/mol. The molecule has 0 saturated carbocycles. The van der Waals surface area contributed by atoms with E-state index in [-0.39, 0.29) is 12.0 Å². The number of carbonyl (C=O) groups excluding carboxylic acids is 2. The van der Waals surface area contributed by atoms with Gasteiger partial charge in [-0.2, -0.15) is 13.2 Å². The molecule has 26 heavy (non-hydrogen) atoms. The first kappa shape index (κ1) is 18.5. The highest BCUT2D eigenvalue weighted by Crippen LogP contribution is 2.39. The molecule has 3 rings (SSSR count). The van der Waals surface area contributed by atoms with Crippen LogP contribution in [0.1, 0.15) is 36.9 Å². The molecule has 0 aliphatic carbocycles. The van der Waals surface area contributed by atoms with Gasteiger partial charge >= 0.3 is 18.1 Å². The summed E-state index contributed by atoms with van der Waals surface area (Å²) in [7, 11) is 0. The average molecular weight is 371 g/mol. The van der Waals surface area contributed by atoms with Crippen LogP contribution in [0.3, 0.4) is 0 Å². The quantitative estimate of drug-likeness (QED) is 0.592. The van der Waals surface area contributed by atoms with Crippen molar-refractivity contribution in [2.75, 3.05) is 19.8 Å². The maximum absolute atomic E-state index is 12.5. The number of carbonyl (C=O) groups is 2. The van der Waals surface area contributed by atoms with E-state index in [1.54, 1.807) is 0 Å². The van der Waals surface area contributed by atoms with Gasteiger partial charge in [0.15, 0.2) is 6.61 Å². The summed E-state index contributed by atoms with van der Waals surface area (Å²) in [5, 5.41) is 0. The molecule has 142 valence electrons. The zero-order chi connectivity index (χ0) is 18.9. The maximum Gasteiger partial charge on any atom is 0.422 e. The van der Waals surface area contributed by atoms with Gasteiger partial charge in [0.05, 0.1) is 12.6 Å². The number of ether oxygens (including phenoxy) is 2. The minimum absolute atomic E-state index is 0.152. The molecule has 0 aromatic heterocycles. The lowest BCUT2D eigenvalue weighted by atomic mass is 9.87. The number of alkyl halides is 3. The summed E-state index contributed by atoms with van der Waals surface area (Å²) in [6.07, 6.45) is -2.47. The van der Waals surface area contributed by atoms with E-state index in [9.17, 15) is 22.8 Å². The summed E-state index contributed by atoms with van der Waals surface area (Å²) in [6.45, 7) is 1.03. The van der Waals surface area contributed by atoms with E-state index in [4.69, 9.17) is 4.74 Å². The van der Waals surface area contributed by atoms with E-state index < -0.39 is 24.7 Å². The third kappa shape index (κ3) is 3.94. The van der Waals surface area contributed by atoms with Crippen molar-refractivity contribution >= 4 is 11.9 Å². The molecule has 8 heteroatoms. The zero-order valence-electron chi connectivity index (χ0n) is 14.3. The van der Waals surface area contributed by atoms with Gasteiger partial charge in [0.2, 0.25) is 0 Å². The number of benzene rings is 1. The lowest BCUT2D eigenvalue weighted by Crippen LogP contribution is -2.46. The minimum Gasteiger partial charge on any atom is -0.493 e. The van der Waals surface area contributed by atoms with Gasteiger partial charge in [-0.15, -0.1) is 0 Å². The highest BCUT2D eigenvalue weighted by atomic mass is 19.4. The van der Waals surface area contributed by atoms with E-state index in [1.165, 1.54) is 4.90 Å². The highest BCUT2D eigenvalue weighted by molar-refractivity contribution is 6.32. The van der Waals surface area contributed by atoms with E-state index in [2.05, 4.69) is 4.74 Å². The normalized spacial score (nSPS) is 22.5. The minimum atomic E-state index is -4.66. The standard InChI is InChI=1S/C18H20F3NO4/c1-11-5-6-14(12-3-2-4-15-13(12)7-8-25-15)22(9-11)16(23)17(24)26-10-18(19,20)21/h2-4,11,14H,5-10H2,1H3. The third-order valence-corrected chi connectivity index (χ3v) is 4.76. The Balaban J connectivity index is 1.82. The van der Waals surface area contributed by atoms with Gasteiger partial charge < -0.3 is 14.4 Å². The number of hydrogen-bond acceptors (Lipinski definition) is 4. The molecule has 1 aromatic rings. The molecule has 1 amide bonds. The van der Waals surface area contributed by atoms with Crippen molar-refractivity contribution in [3.8, 4) is 5.75 Å². The van der Waals surface area contributed by atoms with Crippen molar-refractivity contribution in [3.63, 3.8) is 0 Å². The van der Waals surface area contributed by atoms with Gasteiger partial charge in [0.1, 0.15) is 5.75 Å². The molecule has 1 aromatic carbocycles. The van der Waals surface area contributed by atoms with Crippen LogP contribution in [0.4, 0.5) is 13.2 Å². The van der Waals surface area contributed by atoms with E-state index in [0.717, 1.165) is 23.3 Å². The van der Waals surface area contributed by atoms with Gasteiger partial charge in [0, 0.05) is 18.5 Å². The Morgan fingerprint density at radius 1 is 1.31 bits per heavy atom. The summed E-state index contributed by atoms with van der Waals surface area (Å²) in [5.41, 5.74) is 1.89. The van der Waals surface area contributed by atoms with Crippen molar-refractivity contribution < 1.29 is 32.2 Å². The Labute approximate surface area is 149 Å². The van der Waals surface area contributed by atoms with Crippen LogP contribution in [0.15, 0.2) is 18.2 Å². The van der Waals surface area contributed by atoms with Crippen LogP contribution in [-0.4, -0.2) is 42.7 Å². The number of halogens is 3. The first-order chi connectivity index (χ1) is 12.3. The van der Waals surface area contributed by atoms with E-state index in [0.29, 0.717) is 26.0 Å². The molecule has 1 saturated heterocycles. The smallest absolute Gasteiger partial charge is 0.422 e. The summed E-state index contributed by atoms with van der Waals surface area (Å²) in [4.78, 5) is 25.7. The Morgan fingerprint density at radius 3 is 2.81 bits per heavy atom. The Kier molecular flexibility index (Phi) is 5.11. The maximum atomic E-state index is 12.5. The Hall–Kier alpha value is -2.25. The van der Waals surface area contributed by atoms with Crippen LogP contribution in [0.2, 0.25) is 0 Å². The number of piperidine rings is 1. The largest absolute Gasteiger partial charge is 0.493 e. The van der Waals surface area contributed by atoms with Crippen LogP contribution in [-0.2, 0) is 20.7 Å². The zero-order valence-corrected chi connectivity index (χ0v) is 14.3. The molecular formula is C18H20F3NO4. The fourth-order valence-electron chi connectivity index (χ4n) is 3.59. The number of fused-ring (bicyclic) bond motifs is 1. The van der Waals surface area contributed by atoms with Crippen molar-refractivity contribution in [2.24, 2.45) is 5.92 Å². The number of amides is 1. The predicted octanol–water partition coefficient (Wildman–Crippen LogP) is 3.03.